The second-order valence-electron chi connectivity index (χ2n) is 3.46. The molecule has 0 heterocycles. The Hall–Kier alpha value is -1.24. The molecule has 0 bridgehead atoms. The van der Waals surface area contributed by atoms with Gasteiger partial charge in [-0.2, -0.15) is 0 Å². The van der Waals surface area contributed by atoms with Crippen molar-refractivity contribution in [2.45, 2.75) is 27.7 Å². The zero-order chi connectivity index (χ0) is 10.6. The first-order chi connectivity index (χ1) is 6.70. The summed E-state index contributed by atoms with van der Waals surface area (Å²) in [5.41, 5.74) is 3.95. The Morgan fingerprint density at radius 2 is 2.00 bits per heavy atom. The smallest absolute Gasteiger partial charge is 0.0437 e. The summed E-state index contributed by atoms with van der Waals surface area (Å²) in [7, 11) is 0. The molecular formula is C13H19N. The van der Waals surface area contributed by atoms with E-state index in [0.717, 1.165) is 6.54 Å². The van der Waals surface area contributed by atoms with Crippen LogP contribution in [-0.2, 0) is 0 Å². The second kappa shape index (κ2) is 4.85. The van der Waals surface area contributed by atoms with Crippen LogP contribution >= 0.6 is 0 Å². The third-order valence-electron chi connectivity index (χ3n) is 2.57. The van der Waals surface area contributed by atoms with Crippen molar-refractivity contribution in [2.24, 2.45) is 0 Å². The van der Waals surface area contributed by atoms with Crippen LogP contribution in [0.15, 0.2) is 36.0 Å². The summed E-state index contributed by atoms with van der Waals surface area (Å²) in [5, 5.41) is 0. The van der Waals surface area contributed by atoms with E-state index in [0.29, 0.717) is 0 Å². The summed E-state index contributed by atoms with van der Waals surface area (Å²) in [6, 6.07) is 8.50. The van der Waals surface area contributed by atoms with Crippen LogP contribution in [0.25, 0.3) is 0 Å². The van der Waals surface area contributed by atoms with Crippen molar-refractivity contribution in [1.82, 2.24) is 0 Å². The van der Waals surface area contributed by atoms with Crippen LogP contribution in [0.3, 0.4) is 0 Å². The number of rotatable bonds is 3. The zero-order valence-electron chi connectivity index (χ0n) is 9.54. The number of benzene rings is 1. The van der Waals surface area contributed by atoms with Crippen LogP contribution in [0.1, 0.15) is 26.3 Å². The van der Waals surface area contributed by atoms with E-state index < -0.39 is 0 Å². The number of nitrogens with zero attached hydrogens (tertiary/aromatic N) is 1. The van der Waals surface area contributed by atoms with Gasteiger partial charge >= 0.3 is 0 Å². The van der Waals surface area contributed by atoms with E-state index in [1.165, 1.54) is 16.9 Å². The standard InChI is InChI=1S/C13H19N/c1-5-12(4)14(6-2)13-10-8-7-9-11(13)3/h5,7-10H,6H2,1-4H3/b12-5+. The van der Waals surface area contributed by atoms with Crippen molar-refractivity contribution >= 4 is 5.69 Å². The predicted molar refractivity (Wildman–Crippen MR) is 63.6 cm³/mol. The van der Waals surface area contributed by atoms with Gasteiger partial charge in [0.05, 0.1) is 0 Å². The van der Waals surface area contributed by atoms with Gasteiger partial charge in [0.1, 0.15) is 0 Å². The van der Waals surface area contributed by atoms with E-state index in [1.54, 1.807) is 0 Å². The van der Waals surface area contributed by atoms with Gasteiger partial charge in [-0.25, -0.2) is 0 Å². The van der Waals surface area contributed by atoms with Gasteiger partial charge in [-0.3, -0.25) is 0 Å². The Bertz CT molecular complexity index is 326. The maximum Gasteiger partial charge on any atom is 0.0437 e. The number of allylic oxidation sites excluding steroid dienone is 2. The molecule has 0 aliphatic rings. The quantitative estimate of drug-likeness (QED) is 0.700. The molecule has 0 amide bonds. The maximum atomic E-state index is 2.33. The van der Waals surface area contributed by atoms with Crippen LogP contribution in [0.4, 0.5) is 5.69 Å². The Kier molecular flexibility index (Phi) is 3.75. The fraction of sp³-hybridized carbons (Fsp3) is 0.385. The minimum absolute atomic E-state index is 1.01. The van der Waals surface area contributed by atoms with Gasteiger partial charge in [0.25, 0.3) is 0 Å². The minimum atomic E-state index is 1.01. The lowest BCUT2D eigenvalue weighted by Gasteiger charge is -2.25. The summed E-state index contributed by atoms with van der Waals surface area (Å²) in [5.74, 6) is 0. The lowest BCUT2D eigenvalue weighted by molar-refractivity contribution is 0.944. The lowest BCUT2D eigenvalue weighted by atomic mass is 10.1. The highest BCUT2D eigenvalue weighted by Gasteiger charge is 2.06. The summed E-state index contributed by atoms with van der Waals surface area (Å²) >= 11 is 0. The van der Waals surface area contributed by atoms with Crippen LogP contribution < -0.4 is 4.90 Å². The second-order valence-corrected chi connectivity index (χ2v) is 3.46. The minimum Gasteiger partial charge on any atom is -0.346 e. The van der Waals surface area contributed by atoms with Crippen molar-refractivity contribution in [1.29, 1.82) is 0 Å². The van der Waals surface area contributed by atoms with Gasteiger partial charge in [-0.15, -0.1) is 0 Å². The molecule has 14 heavy (non-hydrogen) atoms. The van der Waals surface area contributed by atoms with Gasteiger partial charge in [-0.05, 0) is 39.3 Å². The SMILES string of the molecule is C/C=C(\C)N(CC)c1ccccc1C. The monoisotopic (exact) mass is 189 g/mol. The first kappa shape index (κ1) is 10.8. The molecule has 0 unspecified atom stereocenters. The molecule has 1 nitrogen and oxygen atoms in total. The molecule has 1 aromatic carbocycles. The van der Waals surface area contributed by atoms with E-state index in [9.17, 15) is 0 Å². The first-order valence-electron chi connectivity index (χ1n) is 5.16. The third kappa shape index (κ3) is 2.16. The van der Waals surface area contributed by atoms with Crippen molar-refractivity contribution in [2.75, 3.05) is 11.4 Å². The van der Waals surface area contributed by atoms with Crippen molar-refractivity contribution in [3.8, 4) is 0 Å². The number of hydrogen-bond acceptors (Lipinski definition) is 1. The third-order valence-corrected chi connectivity index (χ3v) is 2.57. The van der Waals surface area contributed by atoms with Gasteiger partial charge in [0.2, 0.25) is 0 Å². The fourth-order valence-electron chi connectivity index (χ4n) is 1.63. The highest BCUT2D eigenvalue weighted by atomic mass is 15.1. The van der Waals surface area contributed by atoms with E-state index >= 15 is 0 Å². The molecule has 0 aliphatic carbocycles. The van der Waals surface area contributed by atoms with Gasteiger partial charge < -0.3 is 4.90 Å². The number of aryl methyl sites for hydroxylation is 1. The maximum absolute atomic E-state index is 2.33. The lowest BCUT2D eigenvalue weighted by Crippen LogP contribution is -2.20. The molecule has 0 radical (unpaired) electrons. The fourth-order valence-corrected chi connectivity index (χ4v) is 1.63. The summed E-state index contributed by atoms with van der Waals surface area (Å²) in [4.78, 5) is 2.33. The summed E-state index contributed by atoms with van der Waals surface area (Å²) in [6.07, 6.45) is 2.15. The molecule has 0 aromatic heterocycles. The Labute approximate surface area is 87.1 Å². The zero-order valence-corrected chi connectivity index (χ0v) is 9.54. The normalized spacial score (nSPS) is 11.6. The average Bonchev–Trinajstić information content (AvgIpc) is 2.21. The summed E-state index contributed by atoms with van der Waals surface area (Å²) < 4.78 is 0. The molecule has 1 heteroatoms. The molecule has 0 N–H and O–H groups in total. The highest BCUT2D eigenvalue weighted by molar-refractivity contribution is 5.56. The predicted octanol–water partition coefficient (Wildman–Crippen LogP) is 3.75. The molecular weight excluding hydrogens is 170 g/mol. The Morgan fingerprint density at radius 3 is 2.50 bits per heavy atom. The van der Waals surface area contributed by atoms with Crippen molar-refractivity contribution in [3.63, 3.8) is 0 Å². The Morgan fingerprint density at radius 1 is 1.36 bits per heavy atom. The first-order valence-corrected chi connectivity index (χ1v) is 5.16. The van der Waals surface area contributed by atoms with E-state index in [1.807, 2.05) is 0 Å². The molecule has 0 saturated heterocycles. The topological polar surface area (TPSA) is 3.24 Å². The molecule has 76 valence electrons. The Balaban J connectivity index is 3.07. The van der Waals surface area contributed by atoms with Crippen molar-refractivity contribution < 1.29 is 0 Å². The van der Waals surface area contributed by atoms with Crippen molar-refractivity contribution in [3.05, 3.63) is 41.6 Å². The van der Waals surface area contributed by atoms with Gasteiger partial charge in [0, 0.05) is 17.9 Å². The van der Waals surface area contributed by atoms with Crippen LogP contribution in [-0.4, -0.2) is 6.54 Å². The molecule has 0 atom stereocenters. The largest absolute Gasteiger partial charge is 0.346 e. The molecule has 0 fully saturated rings. The number of para-hydroxylation sites is 1. The van der Waals surface area contributed by atoms with Gasteiger partial charge in [-0.1, -0.05) is 24.3 Å². The van der Waals surface area contributed by atoms with Gasteiger partial charge in [0.15, 0.2) is 0 Å². The van der Waals surface area contributed by atoms with Crippen LogP contribution in [0.2, 0.25) is 0 Å². The summed E-state index contributed by atoms with van der Waals surface area (Å²) in [6.45, 7) is 9.58. The molecule has 1 aromatic rings. The molecule has 0 spiro atoms. The molecule has 0 saturated carbocycles. The van der Waals surface area contributed by atoms with E-state index in [4.69, 9.17) is 0 Å². The van der Waals surface area contributed by atoms with E-state index in [2.05, 4.69) is 62.9 Å². The number of anilines is 1. The van der Waals surface area contributed by atoms with Crippen LogP contribution in [0, 0.1) is 6.92 Å². The van der Waals surface area contributed by atoms with Crippen LogP contribution in [0.5, 0.6) is 0 Å². The average molecular weight is 189 g/mol. The van der Waals surface area contributed by atoms with E-state index in [-0.39, 0.29) is 0 Å². The number of hydrogen-bond donors (Lipinski definition) is 0. The highest BCUT2D eigenvalue weighted by Crippen LogP contribution is 2.22. The molecule has 1 rings (SSSR count). The molecule has 0 aliphatic heterocycles.